The van der Waals surface area contributed by atoms with E-state index in [0.717, 1.165) is 30.5 Å². The third kappa shape index (κ3) is 2.13. The zero-order chi connectivity index (χ0) is 11.4. The predicted octanol–water partition coefficient (Wildman–Crippen LogP) is 2.43. The first kappa shape index (κ1) is 10.9. The first-order chi connectivity index (χ1) is 7.83. The van der Waals surface area contributed by atoms with Crippen molar-refractivity contribution in [2.24, 2.45) is 11.0 Å². The van der Waals surface area contributed by atoms with Crippen molar-refractivity contribution in [3.8, 4) is 0 Å². The van der Waals surface area contributed by atoms with E-state index in [1.807, 2.05) is 37.4 Å². The Morgan fingerprint density at radius 1 is 1.38 bits per heavy atom. The highest BCUT2D eigenvalue weighted by molar-refractivity contribution is 6.14. The summed E-state index contributed by atoms with van der Waals surface area (Å²) in [5, 5.41) is 12.5. The maximum Gasteiger partial charge on any atom is 0.0474 e. The van der Waals surface area contributed by atoms with Gasteiger partial charge in [-0.2, -0.15) is 5.10 Å². The van der Waals surface area contributed by atoms with Crippen molar-refractivity contribution >= 4 is 11.4 Å². The van der Waals surface area contributed by atoms with Crippen molar-refractivity contribution in [2.45, 2.75) is 19.3 Å². The lowest BCUT2D eigenvalue weighted by Gasteiger charge is -2.12. The van der Waals surface area contributed by atoms with Crippen LogP contribution in [0.15, 0.2) is 35.4 Å². The summed E-state index contributed by atoms with van der Waals surface area (Å²) in [7, 11) is 1.81. The Balaban J connectivity index is 2.19. The van der Waals surface area contributed by atoms with Crippen LogP contribution in [0.2, 0.25) is 0 Å². The van der Waals surface area contributed by atoms with Crippen LogP contribution in [0.1, 0.15) is 24.8 Å². The summed E-state index contributed by atoms with van der Waals surface area (Å²) in [4.78, 5) is 0. The van der Waals surface area contributed by atoms with Gasteiger partial charge in [-0.1, -0.05) is 30.3 Å². The maximum atomic E-state index is 8.23. The largest absolute Gasteiger partial charge is 0.313 e. The molecule has 3 nitrogen and oxygen atoms in total. The highest BCUT2D eigenvalue weighted by Crippen LogP contribution is 2.26. The van der Waals surface area contributed by atoms with Gasteiger partial charge in [0, 0.05) is 24.4 Å². The van der Waals surface area contributed by atoms with Crippen molar-refractivity contribution in [2.75, 3.05) is 7.05 Å². The molecule has 1 unspecified atom stereocenters. The predicted molar refractivity (Wildman–Crippen MR) is 67.1 cm³/mol. The number of hydrazone groups is 1. The van der Waals surface area contributed by atoms with Crippen molar-refractivity contribution in [3.63, 3.8) is 0 Å². The van der Waals surface area contributed by atoms with Gasteiger partial charge in [0.05, 0.1) is 0 Å². The summed E-state index contributed by atoms with van der Waals surface area (Å²) in [5.74, 6) is 0.204. The second kappa shape index (κ2) is 4.92. The van der Waals surface area contributed by atoms with E-state index < -0.39 is 0 Å². The zero-order valence-electron chi connectivity index (χ0n) is 9.53. The molecule has 1 aliphatic rings. The molecule has 2 rings (SSSR count). The molecule has 16 heavy (non-hydrogen) atoms. The molecule has 0 aliphatic heterocycles. The standard InChI is InChI=1S/C13H17N3/c1-15-16-12-9-5-8-11(12)13(14)10-6-3-2-4-7-10/h2-4,6-7,11,14-15H,5,8-9H2,1H3. The lowest BCUT2D eigenvalue weighted by molar-refractivity contribution is 0.806. The van der Waals surface area contributed by atoms with Crippen LogP contribution in [-0.2, 0) is 0 Å². The van der Waals surface area contributed by atoms with Crippen LogP contribution >= 0.6 is 0 Å². The summed E-state index contributed by atoms with van der Waals surface area (Å²) in [6, 6.07) is 9.94. The smallest absolute Gasteiger partial charge is 0.0474 e. The van der Waals surface area contributed by atoms with Crippen LogP contribution in [0.25, 0.3) is 0 Å². The topological polar surface area (TPSA) is 48.2 Å². The molecular weight excluding hydrogens is 198 g/mol. The van der Waals surface area contributed by atoms with E-state index >= 15 is 0 Å². The molecule has 84 valence electrons. The van der Waals surface area contributed by atoms with Gasteiger partial charge in [-0.25, -0.2) is 0 Å². The molecule has 1 fully saturated rings. The summed E-state index contributed by atoms with van der Waals surface area (Å²) in [6.07, 6.45) is 3.20. The van der Waals surface area contributed by atoms with Gasteiger partial charge in [0.15, 0.2) is 0 Å². The van der Waals surface area contributed by atoms with Gasteiger partial charge in [-0.15, -0.1) is 0 Å². The number of hydrogen-bond donors (Lipinski definition) is 2. The molecule has 1 aromatic carbocycles. The Morgan fingerprint density at radius 2 is 2.12 bits per heavy atom. The van der Waals surface area contributed by atoms with Crippen molar-refractivity contribution in [1.29, 1.82) is 5.41 Å². The zero-order valence-corrected chi connectivity index (χ0v) is 9.53. The fourth-order valence-electron chi connectivity index (χ4n) is 2.24. The fourth-order valence-corrected chi connectivity index (χ4v) is 2.24. The molecule has 3 heteroatoms. The highest BCUT2D eigenvalue weighted by atomic mass is 15.3. The monoisotopic (exact) mass is 215 g/mol. The summed E-state index contributed by atoms with van der Waals surface area (Å²) >= 11 is 0. The minimum absolute atomic E-state index is 0.204. The normalized spacial score (nSPS) is 22.3. The van der Waals surface area contributed by atoms with Crippen molar-refractivity contribution in [3.05, 3.63) is 35.9 Å². The third-order valence-electron chi connectivity index (χ3n) is 3.02. The van der Waals surface area contributed by atoms with Crippen LogP contribution in [0.4, 0.5) is 0 Å². The first-order valence-electron chi connectivity index (χ1n) is 5.70. The van der Waals surface area contributed by atoms with Crippen LogP contribution in [0.5, 0.6) is 0 Å². The summed E-state index contributed by atoms with van der Waals surface area (Å²) < 4.78 is 0. The molecule has 0 amide bonds. The Hall–Kier alpha value is -1.64. The van der Waals surface area contributed by atoms with E-state index in [1.165, 1.54) is 0 Å². The highest BCUT2D eigenvalue weighted by Gasteiger charge is 2.27. The summed E-state index contributed by atoms with van der Waals surface area (Å²) in [6.45, 7) is 0. The molecule has 0 saturated heterocycles. The van der Waals surface area contributed by atoms with Crippen molar-refractivity contribution in [1.82, 2.24) is 5.43 Å². The number of nitrogens with one attached hydrogen (secondary N) is 2. The Bertz CT molecular complexity index is 395. The van der Waals surface area contributed by atoms with Gasteiger partial charge in [0.2, 0.25) is 0 Å². The van der Waals surface area contributed by atoms with Crippen LogP contribution in [0, 0.1) is 11.3 Å². The number of nitrogens with zero attached hydrogens (tertiary/aromatic N) is 1. The van der Waals surface area contributed by atoms with Gasteiger partial charge in [0.25, 0.3) is 0 Å². The lowest BCUT2D eigenvalue weighted by Crippen LogP contribution is -2.20. The van der Waals surface area contributed by atoms with Gasteiger partial charge >= 0.3 is 0 Å². The minimum Gasteiger partial charge on any atom is -0.313 e. The fraction of sp³-hybridized carbons (Fsp3) is 0.385. The van der Waals surface area contributed by atoms with E-state index in [2.05, 4.69) is 10.5 Å². The Labute approximate surface area is 96.1 Å². The van der Waals surface area contributed by atoms with Gasteiger partial charge in [-0.3, -0.25) is 0 Å². The molecule has 1 saturated carbocycles. The average molecular weight is 215 g/mol. The number of rotatable bonds is 3. The molecule has 0 spiro atoms. The lowest BCUT2D eigenvalue weighted by atomic mass is 9.94. The molecule has 1 aromatic rings. The minimum atomic E-state index is 0.204. The second-order valence-corrected chi connectivity index (χ2v) is 4.05. The molecule has 0 bridgehead atoms. The van der Waals surface area contributed by atoms with Gasteiger partial charge in [0.1, 0.15) is 0 Å². The van der Waals surface area contributed by atoms with Crippen LogP contribution in [-0.4, -0.2) is 18.5 Å². The van der Waals surface area contributed by atoms with Crippen molar-refractivity contribution < 1.29 is 0 Å². The summed E-state index contributed by atoms with van der Waals surface area (Å²) in [5.41, 5.74) is 5.67. The van der Waals surface area contributed by atoms with E-state index in [-0.39, 0.29) is 5.92 Å². The molecule has 0 aromatic heterocycles. The van der Waals surface area contributed by atoms with Crippen LogP contribution < -0.4 is 5.43 Å². The molecule has 1 aliphatic carbocycles. The molecule has 2 N–H and O–H groups in total. The Morgan fingerprint density at radius 3 is 2.81 bits per heavy atom. The number of hydrogen-bond acceptors (Lipinski definition) is 3. The van der Waals surface area contributed by atoms with Gasteiger partial charge < -0.3 is 10.8 Å². The van der Waals surface area contributed by atoms with Gasteiger partial charge in [-0.05, 0) is 24.8 Å². The quantitative estimate of drug-likeness (QED) is 0.590. The first-order valence-corrected chi connectivity index (χ1v) is 5.70. The van der Waals surface area contributed by atoms with E-state index in [1.54, 1.807) is 0 Å². The molecule has 0 heterocycles. The third-order valence-corrected chi connectivity index (χ3v) is 3.02. The second-order valence-electron chi connectivity index (χ2n) is 4.05. The average Bonchev–Trinajstić information content (AvgIpc) is 2.78. The van der Waals surface area contributed by atoms with E-state index in [4.69, 9.17) is 5.41 Å². The van der Waals surface area contributed by atoms with E-state index in [9.17, 15) is 0 Å². The Kier molecular flexibility index (Phi) is 3.34. The maximum absolute atomic E-state index is 8.23. The number of benzene rings is 1. The molecular formula is C13H17N3. The molecule has 0 radical (unpaired) electrons. The SMILES string of the molecule is CNN=C1CCCC1C(=N)c1ccccc1. The molecule has 1 atom stereocenters. The van der Waals surface area contributed by atoms with Crippen LogP contribution in [0.3, 0.4) is 0 Å². The van der Waals surface area contributed by atoms with E-state index in [0.29, 0.717) is 5.71 Å².